The van der Waals surface area contributed by atoms with Gasteiger partial charge in [0.15, 0.2) is 0 Å². The predicted molar refractivity (Wildman–Crippen MR) is 123 cm³/mol. The van der Waals surface area contributed by atoms with Gasteiger partial charge in [-0.3, -0.25) is 0 Å². The molecule has 0 bridgehead atoms. The smallest absolute Gasteiger partial charge is 0.406 e. The molecule has 35 heavy (non-hydrogen) atoms. The molecule has 1 saturated heterocycles. The number of nitrogens with one attached hydrogen (secondary N) is 2. The van der Waals surface area contributed by atoms with Gasteiger partial charge in [-0.2, -0.15) is 0 Å². The van der Waals surface area contributed by atoms with Crippen molar-refractivity contribution in [1.29, 1.82) is 0 Å². The van der Waals surface area contributed by atoms with Crippen molar-refractivity contribution in [2.45, 2.75) is 44.3 Å². The van der Waals surface area contributed by atoms with Gasteiger partial charge in [-0.15, -0.1) is 13.2 Å². The molecule has 1 aliphatic carbocycles. The summed E-state index contributed by atoms with van der Waals surface area (Å²) in [5, 5.41) is 16.6. The normalized spacial score (nSPS) is 20.4. The summed E-state index contributed by atoms with van der Waals surface area (Å²) >= 11 is 0. The molecule has 11 heteroatoms. The average molecular weight is 495 g/mol. The lowest BCUT2D eigenvalue weighted by atomic mass is 9.94. The fourth-order valence-corrected chi connectivity index (χ4v) is 4.66. The number of nitrogens with zero attached hydrogens (tertiary/aromatic N) is 2. The molecular weight excluding hydrogens is 465 g/mol. The van der Waals surface area contributed by atoms with Gasteiger partial charge in [0, 0.05) is 45.2 Å². The third-order valence-corrected chi connectivity index (χ3v) is 6.40. The van der Waals surface area contributed by atoms with Crippen LogP contribution in [0.25, 0.3) is 10.8 Å². The minimum Gasteiger partial charge on any atom is -0.406 e. The minimum absolute atomic E-state index is 0.0586. The maximum atomic E-state index is 13.2. The van der Waals surface area contributed by atoms with Crippen molar-refractivity contribution < 1.29 is 32.6 Å². The number of piperidine rings is 1. The highest BCUT2D eigenvalue weighted by atomic mass is 19.4. The van der Waals surface area contributed by atoms with Crippen molar-refractivity contribution in [3.63, 3.8) is 0 Å². The summed E-state index contributed by atoms with van der Waals surface area (Å²) in [6, 6.07) is 8.80. The van der Waals surface area contributed by atoms with Crippen LogP contribution in [-0.4, -0.2) is 72.2 Å². The van der Waals surface area contributed by atoms with Crippen LogP contribution in [0.2, 0.25) is 0 Å². The molecule has 8 nitrogen and oxygen atoms in total. The largest absolute Gasteiger partial charge is 0.573 e. The molecule has 2 fully saturated rings. The zero-order chi connectivity index (χ0) is 25.2. The zero-order valence-electron chi connectivity index (χ0n) is 19.3. The van der Waals surface area contributed by atoms with Crippen LogP contribution in [0, 0.1) is 5.92 Å². The third kappa shape index (κ3) is 6.27. The molecule has 1 heterocycles. The number of hydrogen-bond donors (Lipinski definition) is 3. The van der Waals surface area contributed by atoms with Crippen molar-refractivity contribution in [3.8, 4) is 5.75 Å². The predicted octanol–water partition coefficient (Wildman–Crippen LogP) is 3.43. The van der Waals surface area contributed by atoms with E-state index in [2.05, 4.69) is 15.4 Å². The Hall–Kier alpha value is -3.21. The number of amides is 4. The number of likely N-dealkylation sites (tertiary alicyclic amines) is 1. The molecule has 2 aromatic carbocycles. The number of carbonyl (C=O) groups excluding carboxylic acids is 2. The van der Waals surface area contributed by atoms with E-state index < -0.39 is 6.36 Å². The second-order valence-electron chi connectivity index (χ2n) is 9.09. The molecule has 2 aliphatic rings. The molecule has 4 rings (SSSR count). The monoisotopic (exact) mass is 494 g/mol. The maximum absolute atomic E-state index is 13.2. The van der Waals surface area contributed by atoms with E-state index in [1.165, 1.54) is 12.1 Å². The lowest BCUT2D eigenvalue weighted by molar-refractivity contribution is -0.274. The topological polar surface area (TPSA) is 94.1 Å². The standard InChI is InChI=1S/C24H29F3N4O4/c1-28-22(33)30-12-16(14-32)9-20(13-30)31(19-5-6-19)23(34)29-11-15-2-3-18-10-21(35-24(25,26)27)7-4-17(18)8-15/h2-4,7-8,10,16,19-20,32H,5-6,9,11-14H2,1H3,(H,28,33)(H,29,34)/t16-,20+/m0/s1. The van der Waals surface area contributed by atoms with E-state index in [0.717, 1.165) is 23.8 Å². The summed E-state index contributed by atoms with van der Waals surface area (Å²) in [6.07, 6.45) is -2.34. The zero-order valence-corrected chi connectivity index (χ0v) is 19.3. The molecule has 4 amide bonds. The third-order valence-electron chi connectivity index (χ3n) is 6.40. The van der Waals surface area contributed by atoms with Crippen LogP contribution in [0.5, 0.6) is 5.75 Å². The van der Waals surface area contributed by atoms with Gasteiger partial charge in [0.25, 0.3) is 0 Å². The van der Waals surface area contributed by atoms with E-state index in [1.807, 2.05) is 6.07 Å². The number of urea groups is 2. The Balaban J connectivity index is 1.43. The van der Waals surface area contributed by atoms with Gasteiger partial charge in [-0.25, -0.2) is 9.59 Å². The minimum atomic E-state index is -4.75. The summed E-state index contributed by atoms with van der Waals surface area (Å²) < 4.78 is 41.4. The first-order valence-corrected chi connectivity index (χ1v) is 11.6. The molecule has 1 aliphatic heterocycles. The Morgan fingerprint density at radius 2 is 1.83 bits per heavy atom. The van der Waals surface area contributed by atoms with Crippen LogP contribution >= 0.6 is 0 Å². The number of aliphatic hydroxyl groups excluding tert-OH is 1. The van der Waals surface area contributed by atoms with E-state index >= 15 is 0 Å². The Kier molecular flexibility index (Phi) is 7.25. The first-order valence-electron chi connectivity index (χ1n) is 11.6. The van der Waals surface area contributed by atoms with E-state index in [4.69, 9.17) is 0 Å². The van der Waals surface area contributed by atoms with Crippen molar-refractivity contribution in [2.24, 2.45) is 5.92 Å². The van der Waals surface area contributed by atoms with E-state index in [0.29, 0.717) is 24.9 Å². The Bertz CT molecular complexity index is 1080. The van der Waals surface area contributed by atoms with Gasteiger partial charge >= 0.3 is 18.4 Å². The molecule has 0 aromatic heterocycles. The SMILES string of the molecule is CNC(=O)N1C[C@@H](CO)C[C@@H](N(C(=O)NCc2ccc3cc(OC(F)(F)F)ccc3c2)C2CC2)C1. The molecule has 2 aromatic rings. The molecular formula is C24H29F3N4O4. The number of aliphatic hydroxyl groups is 1. The van der Waals surface area contributed by atoms with Crippen LogP contribution < -0.4 is 15.4 Å². The number of fused-ring (bicyclic) bond motifs is 1. The van der Waals surface area contributed by atoms with E-state index in [-0.39, 0.29) is 49.0 Å². The van der Waals surface area contributed by atoms with E-state index in [1.54, 1.807) is 35.0 Å². The Morgan fingerprint density at radius 1 is 1.11 bits per heavy atom. The molecule has 0 spiro atoms. The molecule has 190 valence electrons. The molecule has 2 atom stereocenters. The second-order valence-corrected chi connectivity index (χ2v) is 9.09. The average Bonchev–Trinajstić information content (AvgIpc) is 3.66. The quantitative estimate of drug-likeness (QED) is 0.574. The lowest BCUT2D eigenvalue weighted by Gasteiger charge is -2.42. The second kappa shape index (κ2) is 10.2. The number of carbonyl (C=O) groups is 2. The summed E-state index contributed by atoms with van der Waals surface area (Å²) in [5.74, 6) is -0.391. The van der Waals surface area contributed by atoms with Crippen LogP contribution in [0.3, 0.4) is 0 Å². The van der Waals surface area contributed by atoms with Crippen molar-refractivity contribution in [2.75, 3.05) is 26.7 Å². The molecule has 3 N–H and O–H groups in total. The summed E-state index contributed by atoms with van der Waals surface area (Å²) in [4.78, 5) is 28.8. The highest BCUT2D eigenvalue weighted by molar-refractivity contribution is 5.84. The highest BCUT2D eigenvalue weighted by Gasteiger charge is 2.41. The van der Waals surface area contributed by atoms with Crippen LogP contribution in [-0.2, 0) is 6.54 Å². The number of benzene rings is 2. The van der Waals surface area contributed by atoms with Crippen LogP contribution in [0.15, 0.2) is 36.4 Å². The van der Waals surface area contributed by atoms with Crippen molar-refractivity contribution >= 4 is 22.8 Å². The number of ether oxygens (including phenoxy) is 1. The van der Waals surface area contributed by atoms with Crippen LogP contribution in [0.1, 0.15) is 24.8 Å². The highest BCUT2D eigenvalue weighted by Crippen LogP contribution is 2.33. The van der Waals surface area contributed by atoms with Crippen molar-refractivity contribution in [3.05, 3.63) is 42.0 Å². The van der Waals surface area contributed by atoms with Gasteiger partial charge in [0.05, 0.1) is 6.04 Å². The fourth-order valence-electron chi connectivity index (χ4n) is 4.66. The molecule has 1 saturated carbocycles. The molecule has 0 unspecified atom stereocenters. The Morgan fingerprint density at radius 3 is 2.49 bits per heavy atom. The number of hydrogen-bond acceptors (Lipinski definition) is 4. The van der Waals surface area contributed by atoms with Gasteiger partial charge in [0.1, 0.15) is 5.75 Å². The van der Waals surface area contributed by atoms with E-state index in [9.17, 15) is 27.9 Å². The van der Waals surface area contributed by atoms with Crippen LogP contribution in [0.4, 0.5) is 22.8 Å². The first kappa shape index (κ1) is 24.9. The summed E-state index contributed by atoms with van der Waals surface area (Å²) in [7, 11) is 1.55. The van der Waals surface area contributed by atoms with Gasteiger partial charge in [-0.1, -0.05) is 18.2 Å². The Labute approximate surface area is 201 Å². The van der Waals surface area contributed by atoms with Gasteiger partial charge < -0.3 is 30.3 Å². The fraction of sp³-hybridized carbons (Fsp3) is 0.500. The van der Waals surface area contributed by atoms with Gasteiger partial charge in [0.2, 0.25) is 0 Å². The van der Waals surface area contributed by atoms with Gasteiger partial charge in [-0.05, 0) is 53.8 Å². The lowest BCUT2D eigenvalue weighted by Crippen LogP contribution is -2.58. The first-order chi connectivity index (χ1) is 16.7. The number of rotatable bonds is 6. The summed E-state index contributed by atoms with van der Waals surface area (Å²) in [6.45, 7) is 1.03. The number of alkyl halides is 3. The molecule has 0 radical (unpaired) electrons. The van der Waals surface area contributed by atoms with Crippen molar-refractivity contribution in [1.82, 2.24) is 20.4 Å². The summed E-state index contributed by atoms with van der Waals surface area (Å²) in [5.41, 5.74) is 0.801. The number of halogens is 3. The maximum Gasteiger partial charge on any atom is 0.573 e.